The molecule has 0 saturated heterocycles. The van der Waals surface area contributed by atoms with Gasteiger partial charge in [-0.15, -0.1) is 0 Å². The molecule has 0 spiro atoms. The Bertz CT molecular complexity index is 1040. The minimum Gasteiger partial charge on any atom is -0.322 e. The van der Waals surface area contributed by atoms with Crippen LogP contribution in [0.2, 0.25) is 0 Å². The molecule has 1 aromatic heterocycles. The van der Waals surface area contributed by atoms with Crippen molar-refractivity contribution in [2.75, 3.05) is 5.32 Å². The summed E-state index contributed by atoms with van der Waals surface area (Å²) in [5.41, 5.74) is 7.20. The second-order valence-corrected chi connectivity index (χ2v) is 9.27. The van der Waals surface area contributed by atoms with Crippen LogP contribution in [0.25, 0.3) is 5.69 Å². The van der Waals surface area contributed by atoms with Gasteiger partial charge in [-0.2, -0.15) is 5.10 Å². The smallest absolute Gasteiger partial charge is 0.259 e. The lowest BCUT2D eigenvalue weighted by molar-refractivity contribution is 0.102. The van der Waals surface area contributed by atoms with E-state index in [0.717, 1.165) is 41.0 Å². The number of carbonyl (C=O) groups excluding carboxylic acids is 1. The average molecular weight is 416 g/mol. The van der Waals surface area contributed by atoms with E-state index in [9.17, 15) is 4.79 Å². The number of aromatic nitrogens is 2. The molecule has 0 aliphatic heterocycles. The van der Waals surface area contributed by atoms with Gasteiger partial charge in [0.1, 0.15) is 0 Å². The van der Waals surface area contributed by atoms with Crippen molar-refractivity contribution in [3.8, 4) is 5.69 Å². The number of benzene rings is 2. The third-order valence-electron chi connectivity index (χ3n) is 6.33. The van der Waals surface area contributed by atoms with Crippen molar-refractivity contribution in [1.29, 1.82) is 0 Å². The maximum Gasteiger partial charge on any atom is 0.259 e. The Hall–Kier alpha value is -2.88. The van der Waals surface area contributed by atoms with Crippen LogP contribution in [0.4, 0.5) is 5.69 Å². The van der Waals surface area contributed by atoms with Gasteiger partial charge in [-0.1, -0.05) is 51.3 Å². The van der Waals surface area contributed by atoms with Gasteiger partial charge in [-0.05, 0) is 73.6 Å². The van der Waals surface area contributed by atoms with Crippen LogP contribution < -0.4 is 5.32 Å². The Morgan fingerprint density at radius 3 is 2.26 bits per heavy atom. The van der Waals surface area contributed by atoms with E-state index < -0.39 is 0 Å². The lowest BCUT2D eigenvalue weighted by Gasteiger charge is -2.24. The first-order valence-electron chi connectivity index (χ1n) is 11.5. The molecule has 2 aromatic carbocycles. The van der Waals surface area contributed by atoms with Crippen molar-refractivity contribution in [3.05, 3.63) is 76.6 Å². The van der Waals surface area contributed by atoms with Gasteiger partial charge in [0.15, 0.2) is 0 Å². The molecule has 1 aliphatic rings. The predicted molar refractivity (Wildman–Crippen MR) is 127 cm³/mol. The van der Waals surface area contributed by atoms with Crippen LogP contribution in [0.3, 0.4) is 0 Å². The highest BCUT2D eigenvalue weighted by atomic mass is 16.1. The van der Waals surface area contributed by atoms with Gasteiger partial charge in [0, 0.05) is 11.6 Å². The molecule has 0 atom stereocenters. The van der Waals surface area contributed by atoms with Gasteiger partial charge in [-0.25, -0.2) is 4.68 Å². The Morgan fingerprint density at radius 2 is 1.65 bits per heavy atom. The summed E-state index contributed by atoms with van der Waals surface area (Å²) in [4.78, 5) is 13.3. The first-order valence-corrected chi connectivity index (χ1v) is 11.5. The van der Waals surface area contributed by atoms with Crippen molar-refractivity contribution in [3.63, 3.8) is 0 Å². The first kappa shape index (κ1) is 21.4. The maximum atomic E-state index is 13.3. The molecule has 1 saturated carbocycles. The Labute approximate surface area is 185 Å². The molecule has 0 unspecified atom stereocenters. The van der Waals surface area contributed by atoms with E-state index in [1.54, 1.807) is 6.20 Å². The van der Waals surface area contributed by atoms with Crippen molar-refractivity contribution in [2.24, 2.45) is 0 Å². The highest BCUT2D eigenvalue weighted by Crippen LogP contribution is 2.36. The minimum atomic E-state index is -0.0735. The molecule has 1 aliphatic carbocycles. The lowest BCUT2D eigenvalue weighted by atomic mass is 9.85. The van der Waals surface area contributed by atoms with E-state index >= 15 is 0 Å². The molecule has 4 nitrogen and oxygen atoms in total. The standard InChI is InChI=1S/C27H33N3O/c1-18(2)21-10-12-24(13-11-21)30-26(22-8-6-5-7-9-22)25(17-28-30)27(31)29-23-15-19(3)14-20(4)16-23/h10-18,22H,5-9H2,1-4H3,(H,29,31). The zero-order valence-electron chi connectivity index (χ0n) is 19.1. The number of rotatable bonds is 5. The number of carbonyl (C=O) groups is 1. The second kappa shape index (κ2) is 9.09. The van der Waals surface area contributed by atoms with E-state index in [-0.39, 0.29) is 5.91 Å². The van der Waals surface area contributed by atoms with Crippen LogP contribution in [-0.2, 0) is 0 Å². The van der Waals surface area contributed by atoms with Gasteiger partial charge in [-0.3, -0.25) is 4.79 Å². The lowest BCUT2D eigenvalue weighted by Crippen LogP contribution is -2.18. The number of hydrogen-bond acceptors (Lipinski definition) is 2. The third kappa shape index (κ3) is 4.73. The maximum absolute atomic E-state index is 13.3. The van der Waals surface area contributed by atoms with Crippen LogP contribution >= 0.6 is 0 Å². The molecule has 4 heteroatoms. The van der Waals surface area contributed by atoms with Crippen molar-refractivity contribution in [1.82, 2.24) is 9.78 Å². The number of hydrogen-bond donors (Lipinski definition) is 1. The SMILES string of the molecule is Cc1cc(C)cc(NC(=O)c2cnn(-c3ccc(C(C)C)cc3)c2C2CCCCC2)c1. The molecule has 4 rings (SSSR count). The molecule has 1 N–H and O–H groups in total. The Kier molecular flexibility index (Phi) is 6.26. The summed E-state index contributed by atoms with van der Waals surface area (Å²) in [6.45, 7) is 8.50. The predicted octanol–water partition coefficient (Wildman–Crippen LogP) is 6.91. The summed E-state index contributed by atoms with van der Waals surface area (Å²) in [6, 6.07) is 14.7. The van der Waals surface area contributed by atoms with E-state index in [0.29, 0.717) is 17.4 Å². The zero-order chi connectivity index (χ0) is 22.0. The molecule has 0 radical (unpaired) electrons. The minimum absolute atomic E-state index is 0.0735. The van der Waals surface area contributed by atoms with Gasteiger partial charge in [0.05, 0.1) is 23.1 Å². The molecule has 31 heavy (non-hydrogen) atoms. The average Bonchev–Trinajstić information content (AvgIpc) is 3.19. The normalized spacial score (nSPS) is 14.7. The highest BCUT2D eigenvalue weighted by molar-refractivity contribution is 6.05. The molecule has 162 valence electrons. The van der Waals surface area contributed by atoms with Crippen molar-refractivity contribution in [2.45, 2.75) is 71.6 Å². The topological polar surface area (TPSA) is 46.9 Å². The summed E-state index contributed by atoms with van der Waals surface area (Å²) >= 11 is 0. The first-order chi connectivity index (χ1) is 14.9. The summed E-state index contributed by atoms with van der Waals surface area (Å²) in [5, 5.41) is 7.81. The summed E-state index contributed by atoms with van der Waals surface area (Å²) in [7, 11) is 0. The number of anilines is 1. The van der Waals surface area contributed by atoms with Crippen LogP contribution in [-0.4, -0.2) is 15.7 Å². The van der Waals surface area contributed by atoms with Crippen molar-refractivity contribution >= 4 is 11.6 Å². The molecular weight excluding hydrogens is 382 g/mol. The van der Waals surface area contributed by atoms with E-state index in [1.807, 2.05) is 16.8 Å². The summed E-state index contributed by atoms with van der Waals surface area (Å²) in [6.07, 6.45) is 7.66. The van der Waals surface area contributed by atoms with Gasteiger partial charge < -0.3 is 5.32 Å². The number of aryl methyl sites for hydroxylation is 2. The highest BCUT2D eigenvalue weighted by Gasteiger charge is 2.27. The van der Waals surface area contributed by atoms with Crippen LogP contribution in [0, 0.1) is 13.8 Å². The monoisotopic (exact) mass is 415 g/mol. The Balaban J connectivity index is 1.71. The number of nitrogens with zero attached hydrogens (tertiary/aromatic N) is 2. The fourth-order valence-corrected chi connectivity index (χ4v) is 4.75. The van der Waals surface area contributed by atoms with Gasteiger partial charge in [0.2, 0.25) is 0 Å². The van der Waals surface area contributed by atoms with Gasteiger partial charge in [0.25, 0.3) is 5.91 Å². The summed E-state index contributed by atoms with van der Waals surface area (Å²) in [5.74, 6) is 0.778. The second-order valence-electron chi connectivity index (χ2n) is 9.27. The molecule has 3 aromatic rings. The van der Waals surface area contributed by atoms with E-state index in [1.165, 1.54) is 24.8 Å². The van der Waals surface area contributed by atoms with E-state index in [2.05, 4.69) is 68.4 Å². The zero-order valence-corrected chi connectivity index (χ0v) is 19.1. The molecule has 1 heterocycles. The van der Waals surface area contributed by atoms with Crippen LogP contribution in [0.5, 0.6) is 0 Å². The van der Waals surface area contributed by atoms with Crippen molar-refractivity contribution < 1.29 is 4.79 Å². The quantitative estimate of drug-likeness (QED) is 0.492. The van der Waals surface area contributed by atoms with E-state index in [4.69, 9.17) is 0 Å². The van der Waals surface area contributed by atoms with Crippen LogP contribution in [0.15, 0.2) is 48.7 Å². The molecular formula is C27H33N3O. The van der Waals surface area contributed by atoms with Gasteiger partial charge >= 0.3 is 0 Å². The summed E-state index contributed by atoms with van der Waals surface area (Å²) < 4.78 is 2.00. The fourth-order valence-electron chi connectivity index (χ4n) is 4.75. The Morgan fingerprint density at radius 1 is 1.00 bits per heavy atom. The fraction of sp³-hybridized carbons (Fsp3) is 0.407. The molecule has 1 fully saturated rings. The number of nitrogens with one attached hydrogen (secondary N) is 1. The molecule has 0 bridgehead atoms. The number of amides is 1. The molecule has 1 amide bonds. The van der Waals surface area contributed by atoms with Crippen LogP contribution in [0.1, 0.15) is 90.5 Å². The third-order valence-corrected chi connectivity index (χ3v) is 6.33. The largest absolute Gasteiger partial charge is 0.322 e.